The third-order valence-corrected chi connectivity index (χ3v) is 3.27. The number of aromatic hydroxyl groups is 1. The molecular weight excluding hydrogens is 307 g/mol. The Morgan fingerprint density at radius 3 is 2.56 bits per heavy atom. The molecule has 0 atom stereocenters. The van der Waals surface area contributed by atoms with E-state index in [9.17, 15) is 14.3 Å². The lowest BCUT2D eigenvalue weighted by Gasteiger charge is -2.25. The Hall–Kier alpha value is -1.30. The van der Waals surface area contributed by atoms with E-state index < -0.39 is 23.0 Å². The number of carboxylic acids is 1. The highest BCUT2D eigenvalue weighted by molar-refractivity contribution is 9.10. The molecule has 0 spiro atoms. The number of carboxylic acid groups (broad SMARTS) is 1. The van der Waals surface area contributed by atoms with Crippen LogP contribution in [0.5, 0.6) is 11.5 Å². The van der Waals surface area contributed by atoms with Crippen LogP contribution in [-0.4, -0.2) is 23.3 Å². The minimum Gasteiger partial charge on any atom is -0.505 e. The number of phenols is 1. The van der Waals surface area contributed by atoms with Gasteiger partial charge in [0, 0.05) is 11.0 Å². The molecule has 0 unspecified atom stereocenters. The standard InChI is InChI=1S/C12H14BrFO4/c1-12(2,5-8(15)16)6-4-7(13)11(18-3)9(14)10(6)17/h4,17H,5H2,1-3H3,(H,15,16). The maximum atomic E-state index is 13.8. The van der Waals surface area contributed by atoms with E-state index in [1.165, 1.54) is 13.2 Å². The van der Waals surface area contributed by atoms with Crippen LogP contribution in [-0.2, 0) is 10.2 Å². The number of carbonyl (C=O) groups is 1. The first-order valence-corrected chi connectivity index (χ1v) is 5.97. The molecule has 0 aliphatic heterocycles. The number of ether oxygens (including phenoxy) is 1. The molecule has 0 fully saturated rings. The number of hydrogen-bond donors (Lipinski definition) is 2. The molecule has 4 nitrogen and oxygen atoms in total. The summed E-state index contributed by atoms with van der Waals surface area (Å²) in [4.78, 5) is 10.8. The van der Waals surface area contributed by atoms with Crippen molar-refractivity contribution in [3.8, 4) is 11.5 Å². The molecule has 0 aliphatic carbocycles. The highest BCUT2D eigenvalue weighted by atomic mass is 79.9. The number of phenolic OH excluding ortho intramolecular Hbond substituents is 1. The molecule has 0 saturated carbocycles. The summed E-state index contributed by atoms with van der Waals surface area (Å²) in [5, 5.41) is 18.6. The van der Waals surface area contributed by atoms with Crippen LogP contribution in [0.2, 0.25) is 0 Å². The summed E-state index contributed by atoms with van der Waals surface area (Å²) in [7, 11) is 1.28. The molecule has 0 heterocycles. The van der Waals surface area contributed by atoms with Gasteiger partial charge in [-0.25, -0.2) is 0 Å². The maximum Gasteiger partial charge on any atom is 0.304 e. The van der Waals surface area contributed by atoms with Crippen LogP contribution in [0.15, 0.2) is 10.5 Å². The average Bonchev–Trinajstić information content (AvgIpc) is 2.22. The Labute approximate surface area is 113 Å². The Bertz CT molecular complexity index is 485. The zero-order valence-electron chi connectivity index (χ0n) is 10.3. The fourth-order valence-corrected chi connectivity index (χ4v) is 2.33. The van der Waals surface area contributed by atoms with E-state index in [4.69, 9.17) is 9.84 Å². The minimum absolute atomic E-state index is 0.109. The summed E-state index contributed by atoms with van der Waals surface area (Å²) < 4.78 is 19.0. The van der Waals surface area contributed by atoms with Gasteiger partial charge in [-0.2, -0.15) is 4.39 Å². The highest BCUT2D eigenvalue weighted by Gasteiger charge is 2.30. The Balaban J connectivity index is 3.39. The Kier molecular flexibility index (Phi) is 4.21. The Morgan fingerprint density at radius 2 is 2.11 bits per heavy atom. The SMILES string of the molecule is COc1c(Br)cc(C(C)(C)CC(=O)O)c(O)c1F. The van der Waals surface area contributed by atoms with Gasteiger partial charge in [0.05, 0.1) is 18.0 Å². The molecule has 0 aromatic heterocycles. The second-order valence-electron chi connectivity index (χ2n) is 4.56. The van der Waals surface area contributed by atoms with Crippen LogP contribution in [0.25, 0.3) is 0 Å². The van der Waals surface area contributed by atoms with Crippen LogP contribution in [0.1, 0.15) is 25.8 Å². The first-order chi connectivity index (χ1) is 8.20. The van der Waals surface area contributed by atoms with E-state index in [0.29, 0.717) is 4.47 Å². The molecule has 18 heavy (non-hydrogen) atoms. The largest absolute Gasteiger partial charge is 0.505 e. The number of halogens is 2. The molecule has 1 rings (SSSR count). The smallest absolute Gasteiger partial charge is 0.304 e. The maximum absolute atomic E-state index is 13.8. The molecule has 0 aliphatic rings. The average molecular weight is 321 g/mol. The molecule has 0 amide bonds. The fourth-order valence-electron chi connectivity index (χ4n) is 1.77. The van der Waals surface area contributed by atoms with Gasteiger partial charge in [-0.1, -0.05) is 13.8 Å². The van der Waals surface area contributed by atoms with Crippen molar-refractivity contribution < 1.29 is 24.1 Å². The summed E-state index contributed by atoms with van der Waals surface area (Å²) >= 11 is 3.13. The number of hydrogen-bond acceptors (Lipinski definition) is 3. The zero-order chi connectivity index (χ0) is 14.1. The van der Waals surface area contributed by atoms with Gasteiger partial charge in [0.1, 0.15) is 0 Å². The second kappa shape index (κ2) is 5.14. The lowest BCUT2D eigenvalue weighted by atomic mass is 9.81. The zero-order valence-corrected chi connectivity index (χ0v) is 11.8. The van der Waals surface area contributed by atoms with Crippen molar-refractivity contribution in [1.29, 1.82) is 0 Å². The normalized spacial score (nSPS) is 11.4. The van der Waals surface area contributed by atoms with Crippen LogP contribution in [0.4, 0.5) is 4.39 Å². The first kappa shape index (κ1) is 14.8. The summed E-state index contributed by atoms with van der Waals surface area (Å²) in [5.74, 6) is -2.62. The molecule has 2 N–H and O–H groups in total. The first-order valence-electron chi connectivity index (χ1n) is 5.18. The van der Waals surface area contributed by atoms with Gasteiger partial charge in [-0.15, -0.1) is 0 Å². The van der Waals surface area contributed by atoms with Crippen molar-refractivity contribution in [3.63, 3.8) is 0 Å². The highest BCUT2D eigenvalue weighted by Crippen LogP contribution is 2.42. The van der Waals surface area contributed by atoms with Crippen LogP contribution < -0.4 is 4.74 Å². The van der Waals surface area contributed by atoms with Crippen molar-refractivity contribution in [3.05, 3.63) is 21.9 Å². The summed E-state index contributed by atoms with van der Waals surface area (Å²) in [6.07, 6.45) is -0.223. The van der Waals surface area contributed by atoms with Crippen molar-refractivity contribution in [1.82, 2.24) is 0 Å². The molecule has 0 radical (unpaired) electrons. The quantitative estimate of drug-likeness (QED) is 0.894. The topological polar surface area (TPSA) is 66.8 Å². The molecular formula is C12H14BrFO4. The number of aliphatic carboxylic acids is 1. The fraction of sp³-hybridized carbons (Fsp3) is 0.417. The molecule has 100 valence electrons. The number of methoxy groups -OCH3 is 1. The van der Waals surface area contributed by atoms with E-state index in [-0.39, 0.29) is 17.7 Å². The third kappa shape index (κ3) is 2.75. The van der Waals surface area contributed by atoms with E-state index >= 15 is 0 Å². The molecule has 1 aromatic rings. The summed E-state index contributed by atoms with van der Waals surface area (Å²) in [6, 6.07) is 1.47. The van der Waals surface area contributed by atoms with Crippen LogP contribution in [0, 0.1) is 5.82 Å². The molecule has 0 saturated heterocycles. The van der Waals surface area contributed by atoms with Gasteiger partial charge in [0.2, 0.25) is 5.82 Å². The van der Waals surface area contributed by atoms with Gasteiger partial charge < -0.3 is 14.9 Å². The number of rotatable bonds is 4. The third-order valence-electron chi connectivity index (χ3n) is 2.68. The van der Waals surface area contributed by atoms with Crippen molar-refractivity contribution >= 4 is 21.9 Å². The van der Waals surface area contributed by atoms with Crippen LogP contribution in [0.3, 0.4) is 0 Å². The number of benzene rings is 1. The van der Waals surface area contributed by atoms with E-state index in [1.54, 1.807) is 13.8 Å². The van der Waals surface area contributed by atoms with Gasteiger partial charge in [0.25, 0.3) is 0 Å². The van der Waals surface area contributed by atoms with Crippen molar-refractivity contribution in [2.45, 2.75) is 25.7 Å². The lowest BCUT2D eigenvalue weighted by molar-refractivity contribution is -0.138. The summed E-state index contributed by atoms with van der Waals surface area (Å²) in [5.41, 5.74) is -0.680. The second-order valence-corrected chi connectivity index (χ2v) is 5.41. The van der Waals surface area contributed by atoms with Crippen molar-refractivity contribution in [2.24, 2.45) is 0 Å². The predicted octanol–water partition coefficient (Wildman–Crippen LogP) is 3.05. The minimum atomic E-state index is -1.02. The summed E-state index contributed by atoms with van der Waals surface area (Å²) in [6.45, 7) is 3.24. The predicted molar refractivity (Wildman–Crippen MR) is 67.6 cm³/mol. The molecule has 1 aromatic carbocycles. The van der Waals surface area contributed by atoms with Gasteiger partial charge >= 0.3 is 5.97 Å². The molecule has 0 bridgehead atoms. The Morgan fingerprint density at radius 1 is 1.56 bits per heavy atom. The molecule has 6 heteroatoms. The van der Waals surface area contributed by atoms with E-state index in [0.717, 1.165) is 0 Å². The lowest BCUT2D eigenvalue weighted by Crippen LogP contribution is -2.22. The van der Waals surface area contributed by atoms with Gasteiger partial charge in [-0.05, 0) is 22.0 Å². The van der Waals surface area contributed by atoms with E-state index in [1.807, 2.05) is 0 Å². The van der Waals surface area contributed by atoms with Crippen molar-refractivity contribution in [2.75, 3.05) is 7.11 Å². The van der Waals surface area contributed by atoms with E-state index in [2.05, 4.69) is 15.9 Å². The van der Waals surface area contributed by atoms with Gasteiger partial charge in [-0.3, -0.25) is 4.79 Å². The monoisotopic (exact) mass is 320 g/mol. The van der Waals surface area contributed by atoms with Crippen LogP contribution >= 0.6 is 15.9 Å². The van der Waals surface area contributed by atoms with Gasteiger partial charge in [0.15, 0.2) is 11.5 Å².